The van der Waals surface area contributed by atoms with E-state index in [0.29, 0.717) is 39.0 Å². The van der Waals surface area contributed by atoms with Crippen LogP contribution in [0.5, 0.6) is 0 Å². The molecule has 0 aromatic heterocycles. The highest BCUT2D eigenvalue weighted by Gasteiger charge is 2.39. The predicted molar refractivity (Wildman–Crippen MR) is 95.8 cm³/mol. The molecule has 0 rings (SSSR count). The monoisotopic (exact) mass is 379 g/mol. The summed E-state index contributed by atoms with van der Waals surface area (Å²) in [7, 11) is -2.61. The highest BCUT2D eigenvalue weighted by atomic mass is 28.4. The molecule has 2 N–H and O–H groups in total. The summed E-state index contributed by atoms with van der Waals surface area (Å²) in [5, 5.41) is 12.9. The van der Waals surface area contributed by atoms with E-state index in [1.807, 2.05) is 20.8 Å². The molecule has 0 aliphatic rings. The van der Waals surface area contributed by atoms with Gasteiger partial charge in [-0.3, -0.25) is 4.89 Å². The molecule has 0 saturated carbocycles. The van der Waals surface area contributed by atoms with Crippen LogP contribution in [0.1, 0.15) is 34.1 Å². The molecule has 0 saturated heterocycles. The molecular formula is C16H33NO7Si. The summed E-state index contributed by atoms with van der Waals surface area (Å²) in [6, 6.07) is 0.707. The van der Waals surface area contributed by atoms with Crippen molar-refractivity contribution in [2.45, 2.75) is 46.3 Å². The zero-order chi connectivity index (χ0) is 19.1. The van der Waals surface area contributed by atoms with Crippen molar-refractivity contribution < 1.29 is 33.0 Å². The van der Waals surface area contributed by atoms with Gasteiger partial charge in [-0.15, -0.1) is 0 Å². The van der Waals surface area contributed by atoms with E-state index < -0.39 is 20.9 Å². The van der Waals surface area contributed by atoms with Crippen LogP contribution in [0.2, 0.25) is 6.04 Å². The summed E-state index contributed by atoms with van der Waals surface area (Å²) in [5.74, 6) is -0.649. The summed E-state index contributed by atoms with van der Waals surface area (Å²) >= 11 is 0. The van der Waals surface area contributed by atoms with E-state index in [0.717, 1.165) is 6.42 Å². The number of hydrogen-bond donors (Lipinski definition) is 2. The zero-order valence-electron chi connectivity index (χ0n) is 15.8. The van der Waals surface area contributed by atoms with Crippen molar-refractivity contribution in [3.63, 3.8) is 0 Å². The van der Waals surface area contributed by atoms with Crippen LogP contribution in [-0.2, 0) is 27.8 Å². The Bertz CT molecular complexity index is 364. The van der Waals surface area contributed by atoms with E-state index >= 15 is 0 Å². The minimum Gasteiger partial charge on any atom is -0.389 e. The first kappa shape index (κ1) is 24.2. The van der Waals surface area contributed by atoms with Gasteiger partial charge >= 0.3 is 14.8 Å². The topological polar surface area (TPSA) is 95.5 Å². The Morgan fingerprint density at radius 2 is 1.72 bits per heavy atom. The Labute approximate surface area is 151 Å². The normalized spacial score (nSPS) is 12.8. The molecule has 0 spiro atoms. The van der Waals surface area contributed by atoms with Crippen LogP contribution in [0.25, 0.3) is 0 Å². The number of carbonyl (C=O) groups is 1. The van der Waals surface area contributed by atoms with Gasteiger partial charge in [0.25, 0.3) is 0 Å². The van der Waals surface area contributed by atoms with Crippen LogP contribution >= 0.6 is 0 Å². The van der Waals surface area contributed by atoms with Gasteiger partial charge < -0.3 is 23.7 Å². The standard InChI is InChI=1S/C16H33NO7Si/c1-6-21-25(22-7-2,23-8-3)11-9-10-17-12-15(18)13-20-24-16(19)14(4)5/h15,17-18H,4,6-13H2,1-3,5H3. The zero-order valence-corrected chi connectivity index (χ0v) is 16.8. The molecule has 0 radical (unpaired) electrons. The third-order valence-corrected chi connectivity index (χ3v) is 6.20. The fourth-order valence-electron chi connectivity index (χ4n) is 2.00. The number of aliphatic hydroxyl groups excluding tert-OH is 1. The highest BCUT2D eigenvalue weighted by molar-refractivity contribution is 6.60. The fourth-order valence-corrected chi connectivity index (χ4v) is 4.61. The molecule has 0 aromatic rings. The van der Waals surface area contributed by atoms with E-state index in [-0.39, 0.29) is 12.2 Å². The van der Waals surface area contributed by atoms with Crippen molar-refractivity contribution in [2.75, 3.05) is 39.5 Å². The molecule has 0 aromatic carbocycles. The first-order valence-corrected chi connectivity index (χ1v) is 10.6. The van der Waals surface area contributed by atoms with Gasteiger partial charge in [-0.1, -0.05) is 6.58 Å². The molecular weight excluding hydrogens is 346 g/mol. The van der Waals surface area contributed by atoms with Gasteiger partial charge in [-0.2, -0.15) is 4.89 Å². The second kappa shape index (κ2) is 14.4. The SMILES string of the molecule is C=C(C)C(=O)OOCC(O)CNCCC[Si](OCC)(OCC)OCC. The van der Waals surface area contributed by atoms with Crippen LogP contribution in [0.3, 0.4) is 0 Å². The summed E-state index contributed by atoms with van der Waals surface area (Å²) in [6.07, 6.45) is 0.00959. The summed E-state index contributed by atoms with van der Waals surface area (Å²) in [6.45, 7) is 13.3. The van der Waals surface area contributed by atoms with Gasteiger partial charge in [0.05, 0.1) is 6.10 Å². The van der Waals surface area contributed by atoms with Gasteiger partial charge in [-0.05, 0) is 40.7 Å². The Kier molecular flexibility index (Phi) is 13.9. The molecule has 148 valence electrons. The number of rotatable bonds is 16. The molecule has 0 fully saturated rings. The summed E-state index contributed by atoms with van der Waals surface area (Å²) < 4.78 is 17.3. The summed E-state index contributed by atoms with van der Waals surface area (Å²) in [5.41, 5.74) is 0.234. The van der Waals surface area contributed by atoms with Gasteiger partial charge in [0, 0.05) is 38.0 Å². The van der Waals surface area contributed by atoms with Crippen LogP contribution in [0.4, 0.5) is 0 Å². The minimum absolute atomic E-state index is 0.110. The molecule has 25 heavy (non-hydrogen) atoms. The van der Waals surface area contributed by atoms with Crippen LogP contribution < -0.4 is 5.32 Å². The Morgan fingerprint density at radius 3 is 2.20 bits per heavy atom. The molecule has 0 heterocycles. The molecule has 0 aliphatic carbocycles. The number of hydrogen-bond acceptors (Lipinski definition) is 8. The van der Waals surface area contributed by atoms with Gasteiger partial charge in [0.2, 0.25) is 0 Å². The van der Waals surface area contributed by atoms with E-state index in [4.69, 9.17) is 13.3 Å². The Morgan fingerprint density at radius 1 is 1.16 bits per heavy atom. The average Bonchev–Trinajstić information content (AvgIpc) is 2.55. The number of carbonyl (C=O) groups excluding carboxylic acids is 1. The smallest absolute Gasteiger partial charge is 0.389 e. The van der Waals surface area contributed by atoms with Crippen molar-refractivity contribution in [3.05, 3.63) is 12.2 Å². The Hall–Kier alpha value is -0.813. The van der Waals surface area contributed by atoms with Crippen molar-refractivity contribution in [1.29, 1.82) is 0 Å². The van der Waals surface area contributed by atoms with Crippen molar-refractivity contribution in [1.82, 2.24) is 5.32 Å². The van der Waals surface area contributed by atoms with E-state index in [1.54, 1.807) is 0 Å². The second-order valence-corrected chi connectivity index (χ2v) is 8.11. The predicted octanol–water partition coefficient (Wildman–Crippen LogP) is 1.43. The molecule has 1 atom stereocenters. The van der Waals surface area contributed by atoms with E-state index in [9.17, 15) is 9.90 Å². The lowest BCUT2D eigenvalue weighted by molar-refractivity contribution is -0.277. The van der Waals surface area contributed by atoms with Gasteiger partial charge in [0.15, 0.2) is 0 Å². The van der Waals surface area contributed by atoms with Crippen molar-refractivity contribution in [2.24, 2.45) is 0 Å². The minimum atomic E-state index is -2.61. The third-order valence-electron chi connectivity index (χ3n) is 3.05. The first-order valence-electron chi connectivity index (χ1n) is 8.70. The molecule has 8 nitrogen and oxygen atoms in total. The largest absolute Gasteiger partial charge is 0.500 e. The van der Waals surface area contributed by atoms with Gasteiger partial charge in [0.1, 0.15) is 6.61 Å². The molecule has 1 unspecified atom stereocenters. The lowest BCUT2D eigenvalue weighted by atomic mass is 10.3. The van der Waals surface area contributed by atoms with E-state index in [2.05, 4.69) is 21.7 Å². The summed E-state index contributed by atoms with van der Waals surface area (Å²) in [4.78, 5) is 20.2. The highest BCUT2D eigenvalue weighted by Crippen LogP contribution is 2.17. The van der Waals surface area contributed by atoms with Crippen LogP contribution in [0.15, 0.2) is 12.2 Å². The lowest BCUT2D eigenvalue weighted by Gasteiger charge is -2.28. The lowest BCUT2D eigenvalue weighted by Crippen LogP contribution is -2.46. The molecule has 9 heteroatoms. The molecule has 0 amide bonds. The maximum atomic E-state index is 11.1. The Balaban J connectivity index is 3.96. The number of aliphatic hydroxyl groups is 1. The average molecular weight is 380 g/mol. The maximum Gasteiger partial charge on any atom is 0.500 e. The fraction of sp³-hybridized carbons (Fsp3) is 0.812. The van der Waals surface area contributed by atoms with Crippen molar-refractivity contribution >= 4 is 14.8 Å². The second-order valence-electron chi connectivity index (χ2n) is 5.38. The quantitative estimate of drug-likeness (QED) is 0.137. The maximum absolute atomic E-state index is 11.1. The molecule has 0 aliphatic heterocycles. The van der Waals surface area contributed by atoms with Crippen LogP contribution in [0, 0.1) is 0 Å². The van der Waals surface area contributed by atoms with Crippen molar-refractivity contribution in [3.8, 4) is 0 Å². The van der Waals surface area contributed by atoms with Crippen LogP contribution in [-0.4, -0.2) is 65.5 Å². The first-order chi connectivity index (χ1) is 11.9. The number of nitrogens with one attached hydrogen (secondary N) is 1. The van der Waals surface area contributed by atoms with Gasteiger partial charge in [-0.25, -0.2) is 4.79 Å². The van der Waals surface area contributed by atoms with E-state index in [1.165, 1.54) is 6.92 Å². The third kappa shape index (κ3) is 11.4. The molecule has 0 bridgehead atoms.